The van der Waals surface area contributed by atoms with Crippen LogP contribution in [0.15, 0.2) is 39.2 Å². The number of carbonyl (C=O) groups excluding carboxylic acids is 1. The van der Waals surface area contributed by atoms with Crippen molar-refractivity contribution >= 4 is 22.2 Å². The van der Waals surface area contributed by atoms with Gasteiger partial charge >= 0.3 is 6.18 Å². The Morgan fingerprint density at radius 2 is 1.89 bits per heavy atom. The second-order valence-electron chi connectivity index (χ2n) is 3.51. The van der Waals surface area contributed by atoms with Crippen molar-refractivity contribution in [2.75, 3.05) is 0 Å². The molecule has 0 aliphatic heterocycles. The highest BCUT2D eigenvalue weighted by molar-refractivity contribution is 9.10. The fourth-order valence-electron chi connectivity index (χ4n) is 1.53. The van der Waals surface area contributed by atoms with E-state index in [4.69, 9.17) is 4.42 Å². The normalized spacial score (nSPS) is 11.6. The SMILES string of the molecule is O=Cc1ccc(-c2ccc(Br)cc2C(F)(F)F)o1. The first-order valence-corrected chi connectivity index (χ1v) is 5.63. The van der Waals surface area contributed by atoms with Crippen LogP contribution in [0.4, 0.5) is 13.2 Å². The van der Waals surface area contributed by atoms with Crippen LogP contribution in [-0.2, 0) is 6.18 Å². The molecule has 18 heavy (non-hydrogen) atoms. The van der Waals surface area contributed by atoms with Crippen molar-refractivity contribution in [2.45, 2.75) is 6.18 Å². The minimum Gasteiger partial charge on any atom is -0.453 e. The number of alkyl halides is 3. The summed E-state index contributed by atoms with van der Waals surface area (Å²) in [5.41, 5.74) is -0.914. The molecular weight excluding hydrogens is 313 g/mol. The number of rotatable bonds is 2. The van der Waals surface area contributed by atoms with Crippen LogP contribution in [-0.4, -0.2) is 6.29 Å². The van der Waals surface area contributed by atoms with Crippen molar-refractivity contribution in [3.05, 3.63) is 46.1 Å². The number of aldehydes is 1. The predicted molar refractivity (Wildman–Crippen MR) is 62.2 cm³/mol. The van der Waals surface area contributed by atoms with Crippen molar-refractivity contribution in [2.24, 2.45) is 0 Å². The first kappa shape index (κ1) is 12.9. The van der Waals surface area contributed by atoms with E-state index in [0.29, 0.717) is 10.8 Å². The molecule has 94 valence electrons. The van der Waals surface area contributed by atoms with E-state index < -0.39 is 11.7 Å². The average molecular weight is 319 g/mol. The maximum atomic E-state index is 12.9. The number of hydrogen-bond acceptors (Lipinski definition) is 2. The summed E-state index contributed by atoms with van der Waals surface area (Å²) in [5, 5.41) is 0. The summed E-state index contributed by atoms with van der Waals surface area (Å²) in [6, 6.07) is 6.40. The van der Waals surface area contributed by atoms with Crippen LogP contribution in [0.3, 0.4) is 0 Å². The Bertz CT molecular complexity index is 587. The zero-order valence-corrected chi connectivity index (χ0v) is 10.4. The minimum atomic E-state index is -4.49. The summed E-state index contributed by atoms with van der Waals surface area (Å²) in [7, 11) is 0. The molecule has 0 N–H and O–H groups in total. The zero-order valence-electron chi connectivity index (χ0n) is 8.79. The highest BCUT2D eigenvalue weighted by Gasteiger charge is 2.34. The molecule has 0 saturated carbocycles. The number of hydrogen-bond donors (Lipinski definition) is 0. The third-order valence-corrected chi connectivity index (χ3v) is 2.79. The van der Waals surface area contributed by atoms with E-state index in [-0.39, 0.29) is 17.1 Å². The minimum absolute atomic E-state index is 0.0110. The first-order chi connectivity index (χ1) is 8.41. The number of benzene rings is 1. The molecule has 0 fully saturated rings. The van der Waals surface area contributed by atoms with Crippen LogP contribution in [0.1, 0.15) is 16.1 Å². The van der Waals surface area contributed by atoms with Crippen molar-refractivity contribution in [3.8, 4) is 11.3 Å². The molecule has 0 aliphatic rings. The standard InChI is InChI=1S/C12H6BrF3O2/c13-7-1-3-9(10(5-7)12(14,15)16)11-4-2-8(6-17)18-11/h1-6H. The fourth-order valence-corrected chi connectivity index (χ4v) is 1.89. The molecule has 2 rings (SSSR count). The molecule has 0 amide bonds. The Morgan fingerprint density at radius 3 is 2.44 bits per heavy atom. The summed E-state index contributed by atoms with van der Waals surface area (Å²) in [6.07, 6.45) is -4.05. The Balaban J connectivity index is 2.60. The van der Waals surface area contributed by atoms with Gasteiger partial charge in [-0.05, 0) is 30.3 Å². The topological polar surface area (TPSA) is 30.2 Å². The smallest absolute Gasteiger partial charge is 0.417 e. The lowest BCUT2D eigenvalue weighted by Gasteiger charge is -2.11. The molecule has 0 unspecified atom stereocenters. The largest absolute Gasteiger partial charge is 0.453 e. The van der Waals surface area contributed by atoms with Crippen molar-refractivity contribution in [1.82, 2.24) is 0 Å². The summed E-state index contributed by atoms with van der Waals surface area (Å²) < 4.78 is 43.9. The van der Waals surface area contributed by atoms with E-state index in [2.05, 4.69) is 15.9 Å². The number of carbonyl (C=O) groups is 1. The molecule has 0 spiro atoms. The van der Waals surface area contributed by atoms with E-state index in [1.165, 1.54) is 24.3 Å². The molecule has 0 atom stereocenters. The first-order valence-electron chi connectivity index (χ1n) is 4.84. The molecule has 6 heteroatoms. The molecule has 0 radical (unpaired) electrons. The fraction of sp³-hybridized carbons (Fsp3) is 0.0833. The van der Waals surface area contributed by atoms with Gasteiger partial charge in [-0.25, -0.2) is 0 Å². The third kappa shape index (κ3) is 2.48. The summed E-state index contributed by atoms with van der Waals surface area (Å²) >= 11 is 2.99. The maximum absolute atomic E-state index is 12.9. The average Bonchev–Trinajstić information content (AvgIpc) is 2.76. The lowest BCUT2D eigenvalue weighted by molar-refractivity contribution is -0.137. The predicted octanol–water partition coefficient (Wildman–Crippen LogP) is 4.54. The van der Waals surface area contributed by atoms with Gasteiger partial charge < -0.3 is 4.42 Å². The van der Waals surface area contributed by atoms with Crippen LogP contribution in [0.2, 0.25) is 0 Å². The summed E-state index contributed by atoms with van der Waals surface area (Å²) in [5.74, 6) is -0.00188. The lowest BCUT2D eigenvalue weighted by Crippen LogP contribution is -2.06. The van der Waals surface area contributed by atoms with E-state index in [0.717, 1.165) is 6.07 Å². The van der Waals surface area contributed by atoms with Gasteiger partial charge in [-0.3, -0.25) is 4.79 Å². The van der Waals surface area contributed by atoms with Crippen LogP contribution in [0, 0.1) is 0 Å². The van der Waals surface area contributed by atoms with E-state index >= 15 is 0 Å². The van der Waals surface area contributed by atoms with E-state index in [9.17, 15) is 18.0 Å². The van der Waals surface area contributed by atoms with E-state index in [1.807, 2.05) is 0 Å². The highest BCUT2D eigenvalue weighted by atomic mass is 79.9. The van der Waals surface area contributed by atoms with Gasteiger partial charge in [0.2, 0.25) is 0 Å². The Labute approximate surface area is 109 Å². The summed E-state index contributed by atoms with van der Waals surface area (Å²) in [6.45, 7) is 0. The quantitative estimate of drug-likeness (QED) is 0.761. The van der Waals surface area contributed by atoms with Crippen molar-refractivity contribution in [3.63, 3.8) is 0 Å². The van der Waals surface area contributed by atoms with Gasteiger partial charge in [0.25, 0.3) is 0 Å². The van der Waals surface area contributed by atoms with E-state index in [1.54, 1.807) is 0 Å². The third-order valence-electron chi connectivity index (χ3n) is 2.30. The van der Waals surface area contributed by atoms with Crippen LogP contribution < -0.4 is 0 Å². The van der Waals surface area contributed by atoms with Gasteiger partial charge in [0, 0.05) is 10.0 Å². The molecule has 0 bridgehead atoms. The molecule has 1 aromatic carbocycles. The molecule has 1 heterocycles. The second kappa shape index (κ2) is 4.61. The van der Waals surface area contributed by atoms with Crippen molar-refractivity contribution < 1.29 is 22.4 Å². The molecule has 0 aliphatic carbocycles. The van der Waals surface area contributed by atoms with Gasteiger partial charge in [-0.2, -0.15) is 13.2 Å². The van der Waals surface area contributed by atoms with Gasteiger partial charge in [0.05, 0.1) is 5.56 Å². The number of furan rings is 1. The van der Waals surface area contributed by atoms with Crippen molar-refractivity contribution in [1.29, 1.82) is 0 Å². The molecule has 2 aromatic rings. The van der Waals surface area contributed by atoms with Crippen LogP contribution in [0.25, 0.3) is 11.3 Å². The van der Waals surface area contributed by atoms with Gasteiger partial charge in [-0.15, -0.1) is 0 Å². The maximum Gasteiger partial charge on any atom is 0.417 e. The van der Waals surface area contributed by atoms with Gasteiger partial charge in [-0.1, -0.05) is 15.9 Å². The molecule has 2 nitrogen and oxygen atoms in total. The Kier molecular flexibility index (Phi) is 3.30. The molecule has 0 saturated heterocycles. The van der Waals surface area contributed by atoms with Crippen LogP contribution >= 0.6 is 15.9 Å². The second-order valence-corrected chi connectivity index (χ2v) is 4.42. The highest BCUT2D eigenvalue weighted by Crippen LogP contribution is 2.38. The van der Waals surface area contributed by atoms with Gasteiger partial charge in [0.1, 0.15) is 5.76 Å². The zero-order chi connectivity index (χ0) is 13.3. The Hall–Kier alpha value is -1.56. The summed E-state index contributed by atoms with van der Waals surface area (Å²) in [4.78, 5) is 10.5. The molecular formula is C12H6BrF3O2. The number of halogens is 4. The van der Waals surface area contributed by atoms with Crippen LogP contribution in [0.5, 0.6) is 0 Å². The van der Waals surface area contributed by atoms with Gasteiger partial charge in [0.15, 0.2) is 12.0 Å². The molecule has 1 aromatic heterocycles. The Morgan fingerprint density at radius 1 is 1.17 bits per heavy atom. The lowest BCUT2D eigenvalue weighted by atomic mass is 10.1. The monoisotopic (exact) mass is 318 g/mol.